The van der Waals surface area contributed by atoms with E-state index in [2.05, 4.69) is 66.3 Å². The fraction of sp³-hybridized carbons (Fsp3) is 0.231. The molecule has 0 aliphatic rings. The number of nitrogens with zero attached hydrogens (tertiary/aromatic N) is 1. The average Bonchev–Trinajstić information content (AvgIpc) is 2.72. The van der Waals surface area contributed by atoms with E-state index in [1.807, 2.05) is 0 Å². The summed E-state index contributed by atoms with van der Waals surface area (Å²) in [7, 11) is 0. The Balaban J connectivity index is 2.06. The highest BCUT2D eigenvalue weighted by atomic mass is 15.0. The van der Waals surface area contributed by atoms with Gasteiger partial charge in [0.2, 0.25) is 0 Å². The van der Waals surface area contributed by atoms with Crippen LogP contribution in [0.2, 0.25) is 0 Å². The van der Waals surface area contributed by atoms with Gasteiger partial charge >= 0.3 is 0 Å². The van der Waals surface area contributed by atoms with Gasteiger partial charge in [0, 0.05) is 18.4 Å². The number of hydrogen-bond donors (Lipinski definition) is 0. The van der Waals surface area contributed by atoms with Crippen molar-refractivity contribution >= 4 is 0 Å². The molecule has 0 fully saturated rings. The highest BCUT2D eigenvalue weighted by Gasteiger charge is 2.03. The highest BCUT2D eigenvalue weighted by molar-refractivity contribution is 5.15. The Morgan fingerprint density at radius 1 is 1.00 bits per heavy atom. The van der Waals surface area contributed by atoms with Crippen molar-refractivity contribution in [2.45, 2.75) is 19.4 Å². The molecule has 1 aromatic carbocycles. The van der Waals surface area contributed by atoms with Crippen LogP contribution in [0.4, 0.5) is 0 Å². The topological polar surface area (TPSA) is 4.93 Å². The fourth-order valence-electron chi connectivity index (χ4n) is 1.70. The SMILES string of the molecule is C[C@H](Cc1ccccc1)n1cccc1. The minimum absolute atomic E-state index is 0.535. The second-order valence-corrected chi connectivity index (χ2v) is 3.67. The summed E-state index contributed by atoms with van der Waals surface area (Å²) in [4.78, 5) is 0. The summed E-state index contributed by atoms with van der Waals surface area (Å²) in [5, 5.41) is 0. The largest absolute Gasteiger partial charge is 0.351 e. The molecule has 14 heavy (non-hydrogen) atoms. The predicted octanol–water partition coefficient (Wildman–Crippen LogP) is 3.29. The van der Waals surface area contributed by atoms with E-state index < -0.39 is 0 Å². The normalized spacial score (nSPS) is 12.6. The van der Waals surface area contributed by atoms with E-state index in [0.717, 1.165) is 6.42 Å². The van der Waals surface area contributed by atoms with Gasteiger partial charge in [-0.05, 0) is 31.0 Å². The monoisotopic (exact) mass is 185 g/mol. The molecule has 0 saturated heterocycles. The second kappa shape index (κ2) is 4.14. The minimum atomic E-state index is 0.535. The van der Waals surface area contributed by atoms with Gasteiger partial charge in [0.25, 0.3) is 0 Å². The molecule has 0 unspecified atom stereocenters. The van der Waals surface area contributed by atoms with Crippen LogP contribution in [0, 0.1) is 0 Å². The first-order valence-electron chi connectivity index (χ1n) is 5.02. The molecule has 0 amide bonds. The summed E-state index contributed by atoms with van der Waals surface area (Å²) in [6.45, 7) is 2.24. The van der Waals surface area contributed by atoms with E-state index in [-0.39, 0.29) is 0 Å². The smallest absolute Gasteiger partial charge is 0.0342 e. The lowest BCUT2D eigenvalue weighted by molar-refractivity contribution is 0.547. The van der Waals surface area contributed by atoms with Crippen molar-refractivity contribution in [3.63, 3.8) is 0 Å². The van der Waals surface area contributed by atoms with Crippen LogP contribution in [0.3, 0.4) is 0 Å². The van der Waals surface area contributed by atoms with E-state index >= 15 is 0 Å². The van der Waals surface area contributed by atoms with Gasteiger partial charge in [-0.2, -0.15) is 0 Å². The number of hydrogen-bond acceptors (Lipinski definition) is 0. The molecule has 2 rings (SSSR count). The third-order valence-corrected chi connectivity index (χ3v) is 2.51. The molecular formula is C13H15N. The first kappa shape index (κ1) is 9.07. The van der Waals surface area contributed by atoms with Gasteiger partial charge < -0.3 is 4.57 Å². The summed E-state index contributed by atoms with van der Waals surface area (Å²) in [6.07, 6.45) is 5.33. The molecule has 1 atom stereocenters. The number of aromatic nitrogens is 1. The third kappa shape index (κ3) is 2.05. The van der Waals surface area contributed by atoms with Crippen molar-refractivity contribution in [3.8, 4) is 0 Å². The maximum atomic E-state index is 2.24. The van der Waals surface area contributed by atoms with Crippen molar-refractivity contribution < 1.29 is 0 Å². The zero-order valence-electron chi connectivity index (χ0n) is 8.43. The third-order valence-electron chi connectivity index (χ3n) is 2.51. The van der Waals surface area contributed by atoms with Gasteiger partial charge in [0.1, 0.15) is 0 Å². The van der Waals surface area contributed by atoms with Crippen LogP contribution >= 0.6 is 0 Å². The Hall–Kier alpha value is -1.50. The maximum Gasteiger partial charge on any atom is 0.0342 e. The fourth-order valence-corrected chi connectivity index (χ4v) is 1.70. The van der Waals surface area contributed by atoms with Gasteiger partial charge in [-0.3, -0.25) is 0 Å². The molecule has 0 aliphatic heterocycles. The van der Waals surface area contributed by atoms with Gasteiger partial charge in [-0.1, -0.05) is 30.3 Å². The Morgan fingerprint density at radius 3 is 2.29 bits per heavy atom. The van der Waals surface area contributed by atoms with Crippen molar-refractivity contribution in [1.82, 2.24) is 4.57 Å². The molecule has 0 N–H and O–H groups in total. The van der Waals surface area contributed by atoms with Gasteiger partial charge in [0.15, 0.2) is 0 Å². The number of benzene rings is 1. The summed E-state index contributed by atoms with van der Waals surface area (Å²) in [5.41, 5.74) is 1.40. The summed E-state index contributed by atoms with van der Waals surface area (Å²) in [5.74, 6) is 0. The highest BCUT2D eigenvalue weighted by Crippen LogP contribution is 2.13. The molecule has 0 aliphatic carbocycles. The lowest BCUT2D eigenvalue weighted by atomic mass is 10.1. The molecule has 1 heteroatoms. The van der Waals surface area contributed by atoms with Crippen LogP contribution in [-0.4, -0.2) is 4.57 Å². The molecule has 0 saturated carbocycles. The quantitative estimate of drug-likeness (QED) is 0.691. The Kier molecular flexibility index (Phi) is 2.68. The van der Waals surface area contributed by atoms with Crippen LogP contribution in [0.5, 0.6) is 0 Å². The molecule has 1 heterocycles. The minimum Gasteiger partial charge on any atom is -0.351 e. The Morgan fingerprint density at radius 2 is 1.64 bits per heavy atom. The van der Waals surface area contributed by atoms with Crippen LogP contribution in [0.15, 0.2) is 54.9 Å². The predicted molar refractivity (Wildman–Crippen MR) is 59.3 cm³/mol. The second-order valence-electron chi connectivity index (χ2n) is 3.67. The summed E-state index contributed by atoms with van der Waals surface area (Å²) >= 11 is 0. The summed E-state index contributed by atoms with van der Waals surface area (Å²) < 4.78 is 2.24. The van der Waals surface area contributed by atoms with Crippen molar-refractivity contribution in [2.24, 2.45) is 0 Å². The first-order valence-corrected chi connectivity index (χ1v) is 5.02. The van der Waals surface area contributed by atoms with Crippen LogP contribution in [0.1, 0.15) is 18.5 Å². The van der Waals surface area contributed by atoms with E-state index in [1.165, 1.54) is 5.56 Å². The molecule has 0 spiro atoms. The Labute approximate surface area is 85.0 Å². The van der Waals surface area contributed by atoms with E-state index in [1.54, 1.807) is 0 Å². The van der Waals surface area contributed by atoms with Crippen LogP contribution < -0.4 is 0 Å². The van der Waals surface area contributed by atoms with Crippen LogP contribution in [0.25, 0.3) is 0 Å². The van der Waals surface area contributed by atoms with Gasteiger partial charge in [0.05, 0.1) is 0 Å². The van der Waals surface area contributed by atoms with E-state index in [9.17, 15) is 0 Å². The molecule has 72 valence electrons. The first-order chi connectivity index (χ1) is 6.86. The number of rotatable bonds is 3. The standard InChI is InChI=1S/C13H15N/c1-12(14-9-5-6-10-14)11-13-7-3-2-4-8-13/h2-10,12H,11H2,1H3/t12-/m1/s1. The molecule has 1 nitrogen and oxygen atoms in total. The molecule has 1 aromatic heterocycles. The van der Waals surface area contributed by atoms with E-state index in [0.29, 0.717) is 6.04 Å². The van der Waals surface area contributed by atoms with Gasteiger partial charge in [-0.25, -0.2) is 0 Å². The zero-order valence-corrected chi connectivity index (χ0v) is 8.43. The molecule has 0 bridgehead atoms. The summed E-state index contributed by atoms with van der Waals surface area (Å²) in [6, 6.07) is 15.3. The molecule has 0 radical (unpaired) electrons. The van der Waals surface area contributed by atoms with Crippen molar-refractivity contribution in [1.29, 1.82) is 0 Å². The van der Waals surface area contributed by atoms with Crippen molar-refractivity contribution in [3.05, 3.63) is 60.4 Å². The lowest BCUT2D eigenvalue weighted by Crippen LogP contribution is -2.05. The van der Waals surface area contributed by atoms with Gasteiger partial charge in [-0.15, -0.1) is 0 Å². The lowest BCUT2D eigenvalue weighted by Gasteiger charge is -2.13. The maximum absolute atomic E-state index is 2.24. The molecule has 2 aromatic rings. The van der Waals surface area contributed by atoms with E-state index in [4.69, 9.17) is 0 Å². The molecular weight excluding hydrogens is 170 g/mol. The Bertz CT molecular complexity index is 361. The van der Waals surface area contributed by atoms with Crippen LogP contribution in [-0.2, 0) is 6.42 Å². The zero-order chi connectivity index (χ0) is 9.80. The van der Waals surface area contributed by atoms with Crippen molar-refractivity contribution in [2.75, 3.05) is 0 Å². The average molecular weight is 185 g/mol.